The zero-order chi connectivity index (χ0) is 16.7. The number of halogens is 2. The molecule has 0 aliphatic heterocycles. The minimum Gasteiger partial charge on any atom is -0.338 e. The van der Waals surface area contributed by atoms with Gasteiger partial charge in [-0.25, -0.2) is 8.78 Å². The quantitative estimate of drug-likeness (QED) is 0.790. The van der Waals surface area contributed by atoms with E-state index in [0.717, 1.165) is 16.6 Å². The third kappa shape index (κ3) is 2.28. The topological polar surface area (TPSA) is 73.9 Å². The predicted octanol–water partition coefficient (Wildman–Crippen LogP) is 2.96. The fourth-order valence-electron chi connectivity index (χ4n) is 2.53. The summed E-state index contributed by atoms with van der Waals surface area (Å²) >= 11 is 0. The molecule has 0 saturated heterocycles. The second-order valence-electron chi connectivity index (χ2n) is 5.43. The first-order chi connectivity index (χ1) is 10.9. The number of aromatic amines is 1. The number of rotatable bonds is 2. The molecule has 2 aromatic heterocycles. The lowest BCUT2D eigenvalue weighted by molar-refractivity contribution is 0.509. The van der Waals surface area contributed by atoms with Gasteiger partial charge in [0.15, 0.2) is 17.3 Å². The highest BCUT2D eigenvalue weighted by Gasteiger charge is 2.19. The lowest BCUT2D eigenvalue weighted by Crippen LogP contribution is -2.22. The number of benzene rings is 1. The van der Waals surface area contributed by atoms with E-state index < -0.39 is 17.2 Å². The molecule has 5 nitrogen and oxygen atoms in total. The Kier molecular flexibility index (Phi) is 3.45. The standard InChI is InChI=1S/C16H12F2N4O/c1-8(2)13-14(9-3-4-11(17)12(18)5-9)21-15-10(6-19)7-20-22(15)16(13)23/h3-5,7-8,21H,1-2H3. The van der Waals surface area contributed by atoms with Crippen molar-refractivity contribution in [2.45, 2.75) is 19.8 Å². The Hall–Kier alpha value is -3.01. The van der Waals surface area contributed by atoms with Gasteiger partial charge in [0.05, 0.1) is 11.9 Å². The number of aromatic nitrogens is 3. The van der Waals surface area contributed by atoms with Crippen LogP contribution in [0.5, 0.6) is 0 Å². The van der Waals surface area contributed by atoms with Crippen molar-refractivity contribution in [1.82, 2.24) is 14.6 Å². The highest BCUT2D eigenvalue weighted by molar-refractivity contribution is 5.68. The molecule has 1 N–H and O–H groups in total. The van der Waals surface area contributed by atoms with Crippen LogP contribution in [0, 0.1) is 23.0 Å². The van der Waals surface area contributed by atoms with E-state index in [0.29, 0.717) is 16.8 Å². The molecule has 116 valence electrons. The molecule has 7 heteroatoms. The van der Waals surface area contributed by atoms with Crippen LogP contribution in [-0.4, -0.2) is 14.6 Å². The third-order valence-corrected chi connectivity index (χ3v) is 3.61. The number of hydrogen-bond acceptors (Lipinski definition) is 3. The van der Waals surface area contributed by atoms with Gasteiger partial charge in [-0.1, -0.05) is 13.8 Å². The number of H-pyrrole nitrogens is 1. The maximum Gasteiger partial charge on any atom is 0.278 e. The first-order valence-corrected chi connectivity index (χ1v) is 6.93. The van der Waals surface area contributed by atoms with Crippen LogP contribution in [0.2, 0.25) is 0 Å². The van der Waals surface area contributed by atoms with Crippen molar-refractivity contribution in [1.29, 1.82) is 5.26 Å². The van der Waals surface area contributed by atoms with Crippen LogP contribution in [0.15, 0.2) is 29.2 Å². The molecule has 3 aromatic rings. The number of nitrogens with zero attached hydrogens (tertiary/aromatic N) is 3. The normalized spacial score (nSPS) is 11.1. The molecule has 0 aliphatic carbocycles. The minimum atomic E-state index is -1.01. The summed E-state index contributed by atoms with van der Waals surface area (Å²) in [6, 6.07) is 5.34. The fraction of sp³-hybridized carbons (Fsp3) is 0.188. The largest absolute Gasteiger partial charge is 0.338 e. The van der Waals surface area contributed by atoms with Gasteiger partial charge < -0.3 is 4.98 Å². The Morgan fingerprint density at radius 3 is 2.65 bits per heavy atom. The Balaban J connectivity index is 2.42. The van der Waals surface area contributed by atoms with E-state index in [1.807, 2.05) is 19.9 Å². The van der Waals surface area contributed by atoms with E-state index >= 15 is 0 Å². The van der Waals surface area contributed by atoms with Gasteiger partial charge in [0.2, 0.25) is 0 Å². The molecule has 2 heterocycles. The molecule has 0 saturated carbocycles. The van der Waals surface area contributed by atoms with Crippen LogP contribution in [0.4, 0.5) is 8.78 Å². The molecular weight excluding hydrogens is 302 g/mol. The van der Waals surface area contributed by atoms with Crippen molar-refractivity contribution in [2.75, 3.05) is 0 Å². The van der Waals surface area contributed by atoms with Crippen LogP contribution in [0.25, 0.3) is 16.9 Å². The molecular formula is C16H12F2N4O. The van der Waals surface area contributed by atoms with E-state index in [2.05, 4.69) is 10.1 Å². The van der Waals surface area contributed by atoms with Crippen molar-refractivity contribution in [3.05, 3.63) is 57.5 Å². The maximum absolute atomic E-state index is 13.6. The molecule has 23 heavy (non-hydrogen) atoms. The van der Waals surface area contributed by atoms with Gasteiger partial charge in [-0.3, -0.25) is 4.79 Å². The molecule has 0 fully saturated rings. The molecule has 0 radical (unpaired) electrons. The molecule has 0 bridgehead atoms. The van der Waals surface area contributed by atoms with E-state index in [1.165, 1.54) is 12.3 Å². The molecule has 0 spiro atoms. The minimum absolute atomic E-state index is 0.180. The average molecular weight is 314 g/mol. The summed E-state index contributed by atoms with van der Waals surface area (Å²) in [5.41, 5.74) is 1.10. The molecule has 1 aromatic carbocycles. The smallest absolute Gasteiger partial charge is 0.278 e. The van der Waals surface area contributed by atoms with Crippen LogP contribution in [-0.2, 0) is 0 Å². The maximum atomic E-state index is 13.6. The van der Waals surface area contributed by atoms with E-state index in [-0.39, 0.29) is 17.1 Å². The van der Waals surface area contributed by atoms with Gasteiger partial charge in [0.25, 0.3) is 5.56 Å². The number of fused-ring (bicyclic) bond motifs is 1. The summed E-state index contributed by atoms with van der Waals surface area (Å²) in [5, 5.41) is 13.0. The highest BCUT2D eigenvalue weighted by atomic mass is 19.2. The second kappa shape index (κ2) is 5.32. The summed E-state index contributed by atoms with van der Waals surface area (Å²) in [6.45, 7) is 3.63. The fourth-order valence-corrected chi connectivity index (χ4v) is 2.53. The summed E-state index contributed by atoms with van der Waals surface area (Å²) in [7, 11) is 0. The van der Waals surface area contributed by atoms with Crippen LogP contribution in [0.1, 0.15) is 30.9 Å². The Morgan fingerprint density at radius 2 is 2.04 bits per heavy atom. The molecule has 0 unspecified atom stereocenters. The van der Waals surface area contributed by atoms with Crippen molar-refractivity contribution in [3.8, 4) is 17.3 Å². The first-order valence-electron chi connectivity index (χ1n) is 6.93. The monoisotopic (exact) mass is 314 g/mol. The summed E-state index contributed by atoms with van der Waals surface area (Å²) in [6.07, 6.45) is 1.28. The van der Waals surface area contributed by atoms with Crippen LogP contribution in [0.3, 0.4) is 0 Å². The van der Waals surface area contributed by atoms with Crippen LogP contribution < -0.4 is 5.56 Å². The first kappa shape index (κ1) is 14.9. The number of nitriles is 1. The summed E-state index contributed by atoms with van der Waals surface area (Å²) in [5.74, 6) is -2.15. The summed E-state index contributed by atoms with van der Waals surface area (Å²) < 4.78 is 27.8. The zero-order valence-corrected chi connectivity index (χ0v) is 12.4. The lowest BCUT2D eigenvalue weighted by Gasteiger charge is -2.13. The van der Waals surface area contributed by atoms with Crippen molar-refractivity contribution in [3.63, 3.8) is 0 Å². The van der Waals surface area contributed by atoms with Crippen molar-refractivity contribution in [2.24, 2.45) is 0 Å². The average Bonchev–Trinajstić information content (AvgIpc) is 2.92. The van der Waals surface area contributed by atoms with Gasteiger partial charge >= 0.3 is 0 Å². The highest BCUT2D eigenvalue weighted by Crippen LogP contribution is 2.27. The van der Waals surface area contributed by atoms with Gasteiger partial charge in [-0.05, 0) is 24.1 Å². The molecule has 3 rings (SSSR count). The predicted molar refractivity (Wildman–Crippen MR) is 80.0 cm³/mol. The molecule has 0 amide bonds. The second-order valence-corrected chi connectivity index (χ2v) is 5.43. The molecule has 0 aliphatic rings. The van der Waals surface area contributed by atoms with Gasteiger partial charge in [0, 0.05) is 11.1 Å². The SMILES string of the molecule is CC(C)c1c(-c2ccc(F)c(F)c2)[nH]c2c(C#N)cnn2c1=O. The Bertz CT molecular complexity index is 1010. The van der Waals surface area contributed by atoms with E-state index in [4.69, 9.17) is 5.26 Å². The van der Waals surface area contributed by atoms with Gasteiger partial charge in [-0.2, -0.15) is 14.9 Å². The van der Waals surface area contributed by atoms with E-state index in [1.54, 1.807) is 0 Å². The van der Waals surface area contributed by atoms with Crippen LogP contribution >= 0.6 is 0 Å². The Morgan fingerprint density at radius 1 is 1.30 bits per heavy atom. The van der Waals surface area contributed by atoms with Gasteiger partial charge in [-0.15, -0.1) is 0 Å². The Labute approximate surface area is 129 Å². The number of nitrogens with one attached hydrogen (secondary N) is 1. The zero-order valence-electron chi connectivity index (χ0n) is 12.4. The number of hydrogen-bond donors (Lipinski definition) is 1. The van der Waals surface area contributed by atoms with Crippen molar-refractivity contribution >= 4 is 5.65 Å². The summed E-state index contributed by atoms with van der Waals surface area (Å²) in [4.78, 5) is 15.6. The third-order valence-electron chi connectivity index (χ3n) is 3.61. The lowest BCUT2D eigenvalue weighted by atomic mass is 9.98. The van der Waals surface area contributed by atoms with Crippen molar-refractivity contribution < 1.29 is 8.78 Å². The van der Waals surface area contributed by atoms with Gasteiger partial charge in [0.1, 0.15) is 11.6 Å². The molecule has 0 atom stereocenters. The van der Waals surface area contributed by atoms with E-state index in [9.17, 15) is 13.6 Å².